The summed E-state index contributed by atoms with van der Waals surface area (Å²) in [6.07, 6.45) is 0. The van der Waals surface area contributed by atoms with Crippen LogP contribution < -0.4 is 15.2 Å². The first-order valence-electron chi connectivity index (χ1n) is 6.10. The standard InChI is InChI=1S/C15H15NO2S/c1-10-3-2-4-14(15(10)16)19-8-11-5-6-12-13(7-11)18-9-17-12/h2-7H,8-9,16H2,1H3. The average molecular weight is 273 g/mol. The van der Waals surface area contributed by atoms with Crippen molar-refractivity contribution >= 4 is 17.4 Å². The fraction of sp³-hybridized carbons (Fsp3) is 0.200. The summed E-state index contributed by atoms with van der Waals surface area (Å²) in [5, 5.41) is 0. The summed E-state index contributed by atoms with van der Waals surface area (Å²) in [5.74, 6) is 2.52. The molecule has 2 N–H and O–H groups in total. The smallest absolute Gasteiger partial charge is 0.231 e. The van der Waals surface area contributed by atoms with Crippen molar-refractivity contribution in [1.29, 1.82) is 0 Å². The van der Waals surface area contributed by atoms with Gasteiger partial charge >= 0.3 is 0 Å². The molecule has 4 heteroatoms. The Labute approximate surface area is 116 Å². The number of fused-ring (bicyclic) bond motifs is 1. The van der Waals surface area contributed by atoms with Crippen molar-refractivity contribution < 1.29 is 9.47 Å². The number of ether oxygens (including phenoxy) is 2. The van der Waals surface area contributed by atoms with Crippen LogP contribution in [0.3, 0.4) is 0 Å². The predicted octanol–water partition coefficient (Wildman–Crippen LogP) is 3.60. The third kappa shape index (κ3) is 2.49. The number of thioether (sulfide) groups is 1. The zero-order valence-electron chi connectivity index (χ0n) is 10.7. The normalized spacial score (nSPS) is 12.7. The van der Waals surface area contributed by atoms with Gasteiger partial charge in [-0.25, -0.2) is 0 Å². The van der Waals surface area contributed by atoms with Gasteiger partial charge in [0, 0.05) is 16.3 Å². The number of para-hydroxylation sites is 1. The number of hydrogen-bond acceptors (Lipinski definition) is 4. The maximum atomic E-state index is 6.07. The minimum Gasteiger partial charge on any atom is -0.454 e. The van der Waals surface area contributed by atoms with Crippen LogP contribution in [-0.4, -0.2) is 6.79 Å². The monoisotopic (exact) mass is 273 g/mol. The fourth-order valence-electron chi connectivity index (χ4n) is 1.97. The van der Waals surface area contributed by atoms with E-state index in [0.717, 1.165) is 33.4 Å². The maximum Gasteiger partial charge on any atom is 0.231 e. The molecular weight excluding hydrogens is 258 g/mol. The average Bonchev–Trinajstić information content (AvgIpc) is 2.88. The van der Waals surface area contributed by atoms with Crippen LogP contribution in [0.5, 0.6) is 11.5 Å². The zero-order valence-corrected chi connectivity index (χ0v) is 11.5. The second kappa shape index (κ2) is 5.05. The van der Waals surface area contributed by atoms with Crippen LogP contribution in [0.1, 0.15) is 11.1 Å². The predicted molar refractivity (Wildman–Crippen MR) is 77.7 cm³/mol. The third-order valence-electron chi connectivity index (χ3n) is 3.12. The van der Waals surface area contributed by atoms with E-state index < -0.39 is 0 Å². The molecule has 1 heterocycles. The minimum absolute atomic E-state index is 0.316. The van der Waals surface area contributed by atoms with E-state index in [4.69, 9.17) is 15.2 Å². The lowest BCUT2D eigenvalue weighted by Crippen LogP contribution is -1.93. The van der Waals surface area contributed by atoms with Crippen LogP contribution in [0, 0.1) is 6.92 Å². The summed E-state index contributed by atoms with van der Waals surface area (Å²) < 4.78 is 10.7. The lowest BCUT2D eigenvalue weighted by molar-refractivity contribution is 0.174. The number of benzene rings is 2. The van der Waals surface area contributed by atoms with Crippen LogP contribution in [0.2, 0.25) is 0 Å². The van der Waals surface area contributed by atoms with Crippen LogP contribution in [0.15, 0.2) is 41.3 Å². The van der Waals surface area contributed by atoms with Gasteiger partial charge in [0.05, 0.1) is 0 Å². The van der Waals surface area contributed by atoms with E-state index >= 15 is 0 Å². The van der Waals surface area contributed by atoms with Gasteiger partial charge in [-0.1, -0.05) is 18.2 Å². The van der Waals surface area contributed by atoms with Gasteiger partial charge in [-0.3, -0.25) is 0 Å². The molecule has 0 radical (unpaired) electrons. The van der Waals surface area contributed by atoms with E-state index in [1.165, 1.54) is 5.56 Å². The van der Waals surface area contributed by atoms with E-state index in [1.807, 2.05) is 31.2 Å². The molecule has 0 saturated heterocycles. The highest BCUT2D eigenvalue weighted by atomic mass is 32.2. The first-order valence-corrected chi connectivity index (χ1v) is 7.09. The Kier molecular flexibility index (Phi) is 3.25. The van der Waals surface area contributed by atoms with Gasteiger partial charge in [-0.05, 0) is 36.2 Å². The summed E-state index contributed by atoms with van der Waals surface area (Å²) in [6.45, 7) is 2.34. The molecule has 19 heavy (non-hydrogen) atoms. The molecule has 2 aromatic rings. The van der Waals surface area contributed by atoms with Crippen molar-refractivity contribution in [2.45, 2.75) is 17.6 Å². The number of rotatable bonds is 3. The Bertz CT molecular complexity index is 613. The number of aryl methyl sites for hydroxylation is 1. The summed E-state index contributed by atoms with van der Waals surface area (Å²) in [7, 11) is 0. The molecule has 2 aromatic carbocycles. The van der Waals surface area contributed by atoms with E-state index in [2.05, 4.69) is 12.1 Å². The number of nitrogens with two attached hydrogens (primary N) is 1. The number of anilines is 1. The second-order valence-electron chi connectivity index (χ2n) is 4.46. The Morgan fingerprint density at radius 2 is 2.00 bits per heavy atom. The van der Waals surface area contributed by atoms with Gasteiger partial charge in [-0.2, -0.15) is 0 Å². The van der Waals surface area contributed by atoms with E-state index in [1.54, 1.807) is 11.8 Å². The molecule has 0 aromatic heterocycles. The topological polar surface area (TPSA) is 44.5 Å². The Morgan fingerprint density at radius 3 is 2.89 bits per heavy atom. The van der Waals surface area contributed by atoms with Crippen molar-refractivity contribution in [2.75, 3.05) is 12.5 Å². The van der Waals surface area contributed by atoms with E-state index in [0.29, 0.717) is 6.79 Å². The Morgan fingerprint density at radius 1 is 1.16 bits per heavy atom. The second-order valence-corrected chi connectivity index (χ2v) is 5.48. The number of hydrogen-bond donors (Lipinski definition) is 1. The molecule has 0 amide bonds. The lowest BCUT2D eigenvalue weighted by atomic mass is 10.2. The van der Waals surface area contributed by atoms with Crippen LogP contribution in [0.4, 0.5) is 5.69 Å². The molecule has 1 aliphatic rings. The summed E-state index contributed by atoms with van der Waals surface area (Å²) in [4.78, 5) is 1.12. The SMILES string of the molecule is Cc1cccc(SCc2ccc3c(c2)OCO3)c1N. The van der Waals surface area contributed by atoms with Gasteiger partial charge < -0.3 is 15.2 Å². The molecule has 0 atom stereocenters. The summed E-state index contributed by atoms with van der Waals surface area (Å²) in [5.41, 5.74) is 9.27. The molecular formula is C15H15NO2S. The van der Waals surface area contributed by atoms with Crippen molar-refractivity contribution in [3.63, 3.8) is 0 Å². The van der Waals surface area contributed by atoms with Crippen molar-refractivity contribution in [1.82, 2.24) is 0 Å². The highest BCUT2D eigenvalue weighted by molar-refractivity contribution is 7.98. The summed E-state index contributed by atoms with van der Waals surface area (Å²) >= 11 is 1.74. The summed E-state index contributed by atoms with van der Waals surface area (Å²) in [6, 6.07) is 12.2. The maximum absolute atomic E-state index is 6.07. The molecule has 0 unspecified atom stereocenters. The molecule has 0 spiro atoms. The van der Waals surface area contributed by atoms with E-state index in [-0.39, 0.29) is 0 Å². The van der Waals surface area contributed by atoms with Crippen molar-refractivity contribution in [3.8, 4) is 11.5 Å². The molecule has 1 aliphatic heterocycles. The zero-order chi connectivity index (χ0) is 13.2. The minimum atomic E-state index is 0.316. The molecule has 3 nitrogen and oxygen atoms in total. The molecule has 0 aliphatic carbocycles. The molecule has 3 rings (SSSR count). The first-order chi connectivity index (χ1) is 9.24. The Hall–Kier alpha value is -1.81. The largest absolute Gasteiger partial charge is 0.454 e. The fourth-order valence-corrected chi connectivity index (χ4v) is 2.96. The molecule has 98 valence electrons. The lowest BCUT2D eigenvalue weighted by Gasteiger charge is -2.08. The molecule has 0 saturated carbocycles. The van der Waals surface area contributed by atoms with Crippen LogP contribution in [-0.2, 0) is 5.75 Å². The third-order valence-corrected chi connectivity index (χ3v) is 4.26. The highest BCUT2D eigenvalue weighted by Gasteiger charge is 2.13. The first kappa shape index (κ1) is 12.2. The quantitative estimate of drug-likeness (QED) is 0.685. The van der Waals surface area contributed by atoms with Crippen LogP contribution >= 0.6 is 11.8 Å². The Balaban J connectivity index is 1.74. The highest BCUT2D eigenvalue weighted by Crippen LogP contribution is 2.35. The van der Waals surface area contributed by atoms with Crippen LogP contribution in [0.25, 0.3) is 0 Å². The number of nitrogen functional groups attached to an aromatic ring is 1. The van der Waals surface area contributed by atoms with Crippen molar-refractivity contribution in [2.24, 2.45) is 0 Å². The molecule has 0 fully saturated rings. The van der Waals surface area contributed by atoms with Gasteiger partial charge in [0.15, 0.2) is 11.5 Å². The van der Waals surface area contributed by atoms with Gasteiger partial charge in [0.1, 0.15) is 0 Å². The molecule has 0 bridgehead atoms. The van der Waals surface area contributed by atoms with Gasteiger partial charge in [-0.15, -0.1) is 11.8 Å². The van der Waals surface area contributed by atoms with E-state index in [9.17, 15) is 0 Å². The van der Waals surface area contributed by atoms with Gasteiger partial charge in [0.25, 0.3) is 0 Å². The van der Waals surface area contributed by atoms with Gasteiger partial charge in [0.2, 0.25) is 6.79 Å². The van der Waals surface area contributed by atoms with Crippen molar-refractivity contribution in [3.05, 3.63) is 47.5 Å².